The summed E-state index contributed by atoms with van der Waals surface area (Å²) in [4.78, 5) is 38.2. The van der Waals surface area contributed by atoms with Crippen molar-refractivity contribution in [1.82, 2.24) is 9.80 Å². The fourth-order valence-electron chi connectivity index (χ4n) is 1.93. The lowest BCUT2D eigenvalue weighted by molar-refractivity contribution is -0.154. The molecule has 7 nitrogen and oxygen atoms in total. The molecule has 0 radical (unpaired) electrons. The van der Waals surface area contributed by atoms with Gasteiger partial charge in [-0.1, -0.05) is 26.2 Å². The van der Waals surface area contributed by atoms with Crippen molar-refractivity contribution >= 4 is 18.0 Å². The summed E-state index contributed by atoms with van der Waals surface area (Å²) in [5.41, 5.74) is 0. The van der Waals surface area contributed by atoms with Crippen molar-refractivity contribution in [3.63, 3.8) is 0 Å². The molecule has 0 rings (SSSR count). The minimum Gasteiger partial charge on any atom is -0.464 e. The molecule has 23 heavy (non-hydrogen) atoms. The van der Waals surface area contributed by atoms with Gasteiger partial charge in [0.25, 0.3) is 0 Å². The Bertz CT molecular complexity index is 400. The topological polar surface area (TPSA) is 76.2 Å². The Balaban J connectivity index is 4.45. The van der Waals surface area contributed by atoms with Gasteiger partial charge in [-0.05, 0) is 20.3 Å². The van der Waals surface area contributed by atoms with Crippen molar-refractivity contribution in [3.05, 3.63) is 0 Å². The number of carbonyl (C=O) groups excluding carboxylic acids is 3. The van der Waals surface area contributed by atoms with E-state index in [0.29, 0.717) is 6.61 Å². The van der Waals surface area contributed by atoms with Gasteiger partial charge in [0.2, 0.25) is 5.91 Å². The number of amides is 2. The van der Waals surface area contributed by atoms with E-state index in [-0.39, 0.29) is 5.91 Å². The highest BCUT2D eigenvalue weighted by atomic mass is 16.5. The third-order valence-corrected chi connectivity index (χ3v) is 3.91. The number of nitrogens with zero attached hydrogens (tertiary/aromatic N) is 2. The van der Waals surface area contributed by atoms with Gasteiger partial charge in [-0.25, -0.2) is 9.59 Å². The van der Waals surface area contributed by atoms with Crippen LogP contribution in [0.3, 0.4) is 0 Å². The van der Waals surface area contributed by atoms with E-state index in [9.17, 15) is 14.4 Å². The standard InChI is InChI=1S/C16H30N2O5/c1-7-8-9-10-11-23-15(20)13(3)17(4)14(19)12(2)18(5)16(21)22-6/h12-13H,7-11H2,1-6H3. The predicted molar refractivity (Wildman–Crippen MR) is 87.0 cm³/mol. The summed E-state index contributed by atoms with van der Waals surface area (Å²) in [7, 11) is 4.24. The zero-order chi connectivity index (χ0) is 18.0. The normalized spacial score (nSPS) is 13.0. The Morgan fingerprint density at radius 3 is 2.09 bits per heavy atom. The first-order valence-electron chi connectivity index (χ1n) is 8.01. The molecule has 0 heterocycles. The summed E-state index contributed by atoms with van der Waals surface area (Å²) in [6, 6.07) is -1.44. The highest BCUT2D eigenvalue weighted by Crippen LogP contribution is 2.08. The molecular weight excluding hydrogens is 300 g/mol. The van der Waals surface area contributed by atoms with Crippen LogP contribution in [0.5, 0.6) is 0 Å². The number of ether oxygens (including phenoxy) is 2. The van der Waals surface area contributed by atoms with E-state index in [4.69, 9.17) is 4.74 Å². The summed E-state index contributed by atoms with van der Waals surface area (Å²) in [5, 5.41) is 0. The van der Waals surface area contributed by atoms with Crippen molar-refractivity contribution in [2.75, 3.05) is 27.8 Å². The van der Waals surface area contributed by atoms with Crippen molar-refractivity contribution < 1.29 is 23.9 Å². The molecule has 0 aromatic heterocycles. The molecule has 0 aromatic rings. The van der Waals surface area contributed by atoms with Crippen molar-refractivity contribution in [1.29, 1.82) is 0 Å². The average Bonchev–Trinajstić information content (AvgIpc) is 2.57. The van der Waals surface area contributed by atoms with Gasteiger partial charge in [-0.2, -0.15) is 0 Å². The molecule has 0 aliphatic rings. The van der Waals surface area contributed by atoms with Crippen LogP contribution >= 0.6 is 0 Å². The van der Waals surface area contributed by atoms with Gasteiger partial charge in [0.15, 0.2) is 0 Å². The molecule has 0 aliphatic carbocycles. The molecule has 0 saturated carbocycles. The van der Waals surface area contributed by atoms with Crippen LogP contribution in [0.25, 0.3) is 0 Å². The van der Waals surface area contributed by atoms with E-state index in [1.165, 1.54) is 31.0 Å². The van der Waals surface area contributed by atoms with Crippen LogP contribution in [0.2, 0.25) is 0 Å². The maximum atomic E-state index is 12.3. The van der Waals surface area contributed by atoms with Crippen LogP contribution in [0.1, 0.15) is 46.5 Å². The molecule has 0 aliphatic heterocycles. The number of methoxy groups -OCH3 is 1. The van der Waals surface area contributed by atoms with E-state index in [1.54, 1.807) is 13.8 Å². The van der Waals surface area contributed by atoms with E-state index < -0.39 is 24.1 Å². The number of carbonyl (C=O) groups is 3. The van der Waals surface area contributed by atoms with Gasteiger partial charge in [0.05, 0.1) is 13.7 Å². The molecule has 0 fully saturated rings. The minimum absolute atomic E-state index is 0.353. The van der Waals surface area contributed by atoms with Gasteiger partial charge in [-0.3, -0.25) is 9.69 Å². The molecule has 0 aromatic carbocycles. The Morgan fingerprint density at radius 1 is 0.957 bits per heavy atom. The van der Waals surface area contributed by atoms with E-state index in [1.807, 2.05) is 0 Å². The van der Waals surface area contributed by atoms with Gasteiger partial charge in [-0.15, -0.1) is 0 Å². The van der Waals surface area contributed by atoms with Crippen LogP contribution in [-0.4, -0.2) is 67.7 Å². The van der Waals surface area contributed by atoms with Crippen LogP contribution in [0, 0.1) is 0 Å². The smallest absolute Gasteiger partial charge is 0.409 e. The highest BCUT2D eigenvalue weighted by Gasteiger charge is 2.30. The largest absolute Gasteiger partial charge is 0.464 e. The van der Waals surface area contributed by atoms with Gasteiger partial charge < -0.3 is 14.4 Å². The molecular formula is C16H30N2O5. The molecule has 2 atom stereocenters. The molecule has 0 spiro atoms. The second-order valence-electron chi connectivity index (χ2n) is 5.61. The van der Waals surface area contributed by atoms with E-state index in [2.05, 4.69) is 11.7 Å². The summed E-state index contributed by atoms with van der Waals surface area (Å²) >= 11 is 0. The molecule has 7 heteroatoms. The molecule has 134 valence electrons. The fraction of sp³-hybridized carbons (Fsp3) is 0.812. The van der Waals surface area contributed by atoms with Crippen LogP contribution in [0.15, 0.2) is 0 Å². The highest BCUT2D eigenvalue weighted by molar-refractivity contribution is 5.89. The van der Waals surface area contributed by atoms with Gasteiger partial charge in [0, 0.05) is 14.1 Å². The quantitative estimate of drug-likeness (QED) is 0.478. The Labute approximate surface area is 138 Å². The van der Waals surface area contributed by atoms with E-state index in [0.717, 1.165) is 25.7 Å². The lowest BCUT2D eigenvalue weighted by Gasteiger charge is -2.30. The lowest BCUT2D eigenvalue weighted by atomic mass is 10.2. The average molecular weight is 330 g/mol. The monoisotopic (exact) mass is 330 g/mol. The van der Waals surface area contributed by atoms with Crippen molar-refractivity contribution in [3.8, 4) is 0 Å². The van der Waals surface area contributed by atoms with Crippen molar-refractivity contribution in [2.45, 2.75) is 58.5 Å². The SMILES string of the molecule is CCCCCCOC(=O)C(C)N(C)C(=O)C(C)N(C)C(=O)OC. The molecule has 0 saturated heterocycles. The van der Waals surface area contributed by atoms with Crippen molar-refractivity contribution in [2.24, 2.45) is 0 Å². The molecule has 0 N–H and O–H groups in total. The third-order valence-electron chi connectivity index (χ3n) is 3.91. The summed E-state index contributed by atoms with van der Waals surface area (Å²) in [6.07, 6.45) is 3.47. The Morgan fingerprint density at radius 2 is 1.57 bits per heavy atom. The first kappa shape index (κ1) is 21.2. The second-order valence-corrected chi connectivity index (χ2v) is 5.61. The second kappa shape index (κ2) is 10.9. The number of unbranched alkanes of at least 4 members (excludes halogenated alkanes) is 3. The predicted octanol–water partition coefficient (Wildman–Crippen LogP) is 2.04. The van der Waals surface area contributed by atoms with Gasteiger partial charge >= 0.3 is 12.1 Å². The van der Waals surface area contributed by atoms with Crippen LogP contribution < -0.4 is 0 Å². The maximum absolute atomic E-state index is 12.3. The first-order valence-corrected chi connectivity index (χ1v) is 8.01. The Kier molecular flexibility index (Phi) is 10.0. The summed E-state index contributed by atoms with van der Waals surface area (Å²) in [5.74, 6) is -0.793. The maximum Gasteiger partial charge on any atom is 0.409 e. The summed E-state index contributed by atoms with van der Waals surface area (Å²) < 4.78 is 9.77. The first-order chi connectivity index (χ1) is 10.8. The minimum atomic E-state index is -0.729. The number of esters is 1. The summed E-state index contributed by atoms with van der Waals surface area (Å²) in [6.45, 7) is 5.67. The molecule has 0 bridgehead atoms. The fourth-order valence-corrected chi connectivity index (χ4v) is 1.93. The van der Waals surface area contributed by atoms with Crippen LogP contribution in [0.4, 0.5) is 4.79 Å². The third kappa shape index (κ3) is 6.88. The van der Waals surface area contributed by atoms with Gasteiger partial charge in [0.1, 0.15) is 12.1 Å². The number of hydrogen-bond acceptors (Lipinski definition) is 5. The lowest BCUT2D eigenvalue weighted by Crippen LogP contribution is -2.51. The molecule has 2 unspecified atom stereocenters. The van der Waals surface area contributed by atoms with E-state index >= 15 is 0 Å². The number of rotatable bonds is 9. The van der Waals surface area contributed by atoms with Crippen LogP contribution in [-0.2, 0) is 19.1 Å². The Hall–Kier alpha value is -1.79. The number of hydrogen-bond donors (Lipinski definition) is 0. The number of likely N-dealkylation sites (N-methyl/N-ethyl adjacent to an activating group) is 2. The molecule has 2 amide bonds. The zero-order valence-electron chi connectivity index (χ0n) is 15.1. The zero-order valence-corrected chi connectivity index (χ0v) is 15.1.